The molecule has 29 heavy (non-hydrogen) atoms. The number of imide groups is 1. The molecule has 0 radical (unpaired) electrons. The third-order valence-corrected chi connectivity index (χ3v) is 6.13. The van der Waals surface area contributed by atoms with Gasteiger partial charge in [0.1, 0.15) is 6.54 Å². The van der Waals surface area contributed by atoms with Crippen LogP contribution >= 0.6 is 0 Å². The molecule has 3 aliphatic rings. The van der Waals surface area contributed by atoms with Gasteiger partial charge in [-0.3, -0.25) is 29.7 Å². The minimum atomic E-state index is -0.403. The fourth-order valence-corrected chi connectivity index (χ4v) is 4.86. The Kier molecular flexibility index (Phi) is 4.19. The van der Waals surface area contributed by atoms with Gasteiger partial charge in [0.25, 0.3) is 5.91 Å². The average molecular weight is 387 g/mol. The van der Waals surface area contributed by atoms with E-state index in [2.05, 4.69) is 5.43 Å². The molecule has 2 aromatic rings. The van der Waals surface area contributed by atoms with Gasteiger partial charge < -0.3 is 0 Å². The van der Waals surface area contributed by atoms with Gasteiger partial charge in [-0.25, -0.2) is 0 Å². The summed E-state index contributed by atoms with van der Waals surface area (Å²) in [5.74, 6) is -1.12. The number of allylic oxidation sites excluding steroid dienone is 2. The number of carbonyl (C=O) groups excluding carboxylic acids is 3. The molecule has 2 aliphatic carbocycles. The van der Waals surface area contributed by atoms with Crippen LogP contribution in [0.3, 0.4) is 0 Å². The predicted molar refractivity (Wildman–Crippen MR) is 108 cm³/mol. The van der Waals surface area contributed by atoms with E-state index in [4.69, 9.17) is 0 Å². The van der Waals surface area contributed by atoms with Crippen LogP contribution in [0.15, 0.2) is 72.8 Å². The summed E-state index contributed by atoms with van der Waals surface area (Å²) in [6, 6.07) is 18.9. The van der Waals surface area contributed by atoms with Crippen LogP contribution in [0.4, 0.5) is 11.4 Å². The Balaban J connectivity index is 1.34. The minimum absolute atomic E-state index is 0.139. The van der Waals surface area contributed by atoms with Gasteiger partial charge in [0, 0.05) is 0 Å². The number of rotatable bonds is 5. The molecule has 146 valence electrons. The summed E-state index contributed by atoms with van der Waals surface area (Å²) in [6.07, 6.45) is 4.98. The van der Waals surface area contributed by atoms with E-state index in [1.807, 2.05) is 72.8 Å². The number of anilines is 2. The highest BCUT2D eigenvalue weighted by molar-refractivity contribution is 6.08. The molecule has 1 aliphatic heterocycles. The summed E-state index contributed by atoms with van der Waals surface area (Å²) in [7, 11) is 0. The van der Waals surface area contributed by atoms with Crippen molar-refractivity contribution in [3.8, 4) is 0 Å². The van der Waals surface area contributed by atoms with Gasteiger partial charge in [-0.15, -0.1) is 0 Å². The Morgan fingerprint density at radius 1 is 0.862 bits per heavy atom. The number of hydrazine groups is 1. The van der Waals surface area contributed by atoms with Gasteiger partial charge in [0.05, 0.1) is 23.2 Å². The molecule has 5 rings (SSSR count). The molecule has 1 N–H and O–H groups in total. The molecule has 4 unspecified atom stereocenters. The second-order valence-electron chi connectivity index (χ2n) is 7.80. The van der Waals surface area contributed by atoms with Crippen molar-refractivity contribution in [3.63, 3.8) is 0 Å². The predicted octanol–water partition coefficient (Wildman–Crippen LogP) is 2.66. The van der Waals surface area contributed by atoms with E-state index in [1.165, 1.54) is 0 Å². The minimum Gasteiger partial charge on any atom is -0.274 e. The number of hydrogen-bond acceptors (Lipinski definition) is 4. The summed E-state index contributed by atoms with van der Waals surface area (Å²) in [6.45, 7) is -0.264. The summed E-state index contributed by atoms with van der Waals surface area (Å²) in [5, 5.41) is 1.67. The lowest BCUT2D eigenvalue weighted by Gasteiger charge is -2.26. The van der Waals surface area contributed by atoms with Gasteiger partial charge >= 0.3 is 0 Å². The van der Waals surface area contributed by atoms with Crippen molar-refractivity contribution in [1.82, 2.24) is 10.3 Å². The number of amides is 3. The van der Waals surface area contributed by atoms with Crippen LogP contribution in [0.1, 0.15) is 6.42 Å². The molecule has 3 amide bonds. The number of likely N-dealkylation sites (tertiary alicyclic amines) is 1. The highest BCUT2D eigenvalue weighted by Crippen LogP contribution is 2.52. The second kappa shape index (κ2) is 6.88. The Labute approximate surface area is 168 Å². The maximum Gasteiger partial charge on any atom is 0.258 e. The number of nitrogens with zero attached hydrogens (tertiary/aromatic N) is 2. The van der Waals surface area contributed by atoms with Crippen molar-refractivity contribution in [2.45, 2.75) is 6.42 Å². The molecule has 0 spiro atoms. The van der Waals surface area contributed by atoms with Crippen molar-refractivity contribution in [1.29, 1.82) is 0 Å². The van der Waals surface area contributed by atoms with Crippen molar-refractivity contribution in [3.05, 3.63) is 72.8 Å². The smallest absolute Gasteiger partial charge is 0.258 e. The Bertz CT molecular complexity index is 919. The third kappa shape index (κ3) is 2.92. The molecule has 1 heterocycles. The van der Waals surface area contributed by atoms with E-state index in [1.54, 1.807) is 5.01 Å². The van der Waals surface area contributed by atoms with Crippen molar-refractivity contribution >= 4 is 29.1 Å². The zero-order chi connectivity index (χ0) is 20.0. The van der Waals surface area contributed by atoms with E-state index in [0.717, 1.165) is 22.7 Å². The molecule has 1 saturated heterocycles. The highest BCUT2D eigenvalue weighted by atomic mass is 16.2. The van der Waals surface area contributed by atoms with Crippen LogP contribution in [-0.2, 0) is 14.4 Å². The maximum absolute atomic E-state index is 12.8. The Hall–Kier alpha value is -3.41. The monoisotopic (exact) mass is 387 g/mol. The molecule has 2 bridgehead atoms. The Morgan fingerprint density at radius 3 is 1.83 bits per heavy atom. The zero-order valence-corrected chi connectivity index (χ0v) is 15.8. The fraction of sp³-hybridized carbons (Fsp3) is 0.261. The first-order valence-electron chi connectivity index (χ1n) is 9.87. The number of fused-ring (bicyclic) bond motifs is 5. The largest absolute Gasteiger partial charge is 0.274 e. The number of carbonyl (C=O) groups is 3. The molecule has 0 aromatic heterocycles. The number of nitrogens with one attached hydrogen (secondary N) is 1. The van der Waals surface area contributed by atoms with Crippen LogP contribution in [-0.4, -0.2) is 29.2 Å². The lowest BCUT2D eigenvalue weighted by molar-refractivity contribution is -0.144. The molecule has 2 aromatic carbocycles. The van der Waals surface area contributed by atoms with Crippen LogP contribution < -0.4 is 10.4 Å². The normalized spacial score (nSPS) is 26.7. The van der Waals surface area contributed by atoms with Crippen LogP contribution in [0.25, 0.3) is 0 Å². The van der Waals surface area contributed by atoms with Gasteiger partial charge in [-0.1, -0.05) is 48.6 Å². The first-order chi connectivity index (χ1) is 14.1. The first-order valence-corrected chi connectivity index (χ1v) is 9.87. The van der Waals surface area contributed by atoms with E-state index in [0.29, 0.717) is 0 Å². The molecule has 4 atom stereocenters. The summed E-state index contributed by atoms with van der Waals surface area (Å²) >= 11 is 0. The fourth-order valence-electron chi connectivity index (χ4n) is 4.86. The van der Waals surface area contributed by atoms with E-state index in [-0.39, 0.29) is 42.0 Å². The number of para-hydroxylation sites is 2. The SMILES string of the molecule is O=C(CN1C(=O)C2C3C=CC(C3)C2C1=O)NN(c1ccccc1)c1ccccc1. The van der Waals surface area contributed by atoms with E-state index in [9.17, 15) is 14.4 Å². The van der Waals surface area contributed by atoms with Crippen molar-refractivity contribution in [2.24, 2.45) is 23.7 Å². The molecule has 6 heteroatoms. The number of hydrogen-bond donors (Lipinski definition) is 1. The molecule has 2 fully saturated rings. The topological polar surface area (TPSA) is 69.7 Å². The van der Waals surface area contributed by atoms with Gasteiger partial charge in [0.2, 0.25) is 11.8 Å². The lowest BCUT2D eigenvalue weighted by atomic mass is 9.85. The molecular formula is C23H21N3O3. The van der Waals surface area contributed by atoms with Gasteiger partial charge in [0.15, 0.2) is 0 Å². The third-order valence-electron chi connectivity index (χ3n) is 6.13. The highest BCUT2D eigenvalue weighted by Gasteiger charge is 2.59. The zero-order valence-electron chi connectivity index (χ0n) is 15.8. The molecular weight excluding hydrogens is 366 g/mol. The van der Waals surface area contributed by atoms with Gasteiger partial charge in [-0.05, 0) is 42.5 Å². The van der Waals surface area contributed by atoms with Crippen molar-refractivity contribution < 1.29 is 14.4 Å². The maximum atomic E-state index is 12.8. The van der Waals surface area contributed by atoms with E-state index >= 15 is 0 Å². The van der Waals surface area contributed by atoms with Crippen LogP contribution in [0, 0.1) is 23.7 Å². The Morgan fingerprint density at radius 2 is 1.34 bits per heavy atom. The summed E-state index contributed by atoms with van der Waals surface area (Å²) in [5.41, 5.74) is 4.42. The van der Waals surface area contributed by atoms with Crippen LogP contribution in [0.2, 0.25) is 0 Å². The van der Waals surface area contributed by atoms with Crippen molar-refractivity contribution in [2.75, 3.05) is 11.6 Å². The quantitative estimate of drug-likeness (QED) is 0.487. The average Bonchev–Trinajstić information content (AvgIpc) is 3.43. The van der Waals surface area contributed by atoms with Gasteiger partial charge in [-0.2, -0.15) is 0 Å². The lowest BCUT2D eigenvalue weighted by Crippen LogP contribution is -2.47. The van der Waals surface area contributed by atoms with Crippen LogP contribution in [0.5, 0.6) is 0 Å². The van der Waals surface area contributed by atoms with E-state index < -0.39 is 5.91 Å². The summed E-state index contributed by atoms with van der Waals surface area (Å²) in [4.78, 5) is 39.6. The molecule has 6 nitrogen and oxygen atoms in total. The molecule has 1 saturated carbocycles. The second-order valence-corrected chi connectivity index (χ2v) is 7.80. The summed E-state index contributed by atoms with van der Waals surface area (Å²) < 4.78 is 0. The first kappa shape index (κ1) is 17.7. The number of benzene rings is 2. The standard InChI is InChI=1S/C23H21N3O3/c27-19(14-25-22(28)20-15-11-12-16(13-15)21(20)23(25)29)24-26(17-7-3-1-4-8-17)18-9-5-2-6-10-18/h1-12,15-16,20-21H,13-14H2,(H,24,27).